The second kappa shape index (κ2) is 13.6. The lowest BCUT2D eigenvalue weighted by molar-refractivity contribution is -0.131. The van der Waals surface area contributed by atoms with E-state index in [0.717, 1.165) is 12.2 Å². The number of benzene rings is 3. The molecule has 1 amide bonds. The Morgan fingerprint density at radius 2 is 1.55 bits per heavy atom. The summed E-state index contributed by atoms with van der Waals surface area (Å²) in [6, 6.07) is 13.1. The van der Waals surface area contributed by atoms with Crippen LogP contribution in [0.5, 0.6) is 28.7 Å². The zero-order valence-corrected chi connectivity index (χ0v) is 23.4. The number of carbonyl (C=O) groups excluding carboxylic acids is 1. The van der Waals surface area contributed by atoms with Crippen molar-refractivity contribution >= 4 is 29.2 Å². The molecule has 0 aliphatic carbocycles. The van der Waals surface area contributed by atoms with Crippen molar-refractivity contribution in [2.75, 3.05) is 40.4 Å². The molecular formula is C29H30ClNO9. The number of aliphatic carboxylic acids is 1. The van der Waals surface area contributed by atoms with Crippen molar-refractivity contribution in [2.45, 2.75) is 12.6 Å². The van der Waals surface area contributed by atoms with Crippen molar-refractivity contribution < 1.29 is 43.5 Å². The molecule has 3 aromatic rings. The molecule has 11 heteroatoms. The molecule has 0 saturated heterocycles. The van der Waals surface area contributed by atoms with E-state index >= 15 is 0 Å². The Kier molecular flexibility index (Phi) is 10.2. The van der Waals surface area contributed by atoms with Crippen LogP contribution in [0.2, 0.25) is 5.02 Å². The molecule has 212 valence electrons. The van der Waals surface area contributed by atoms with Crippen LogP contribution in [0.1, 0.15) is 22.8 Å². The number of carbonyl (C=O) groups is 2. The Labute approximate surface area is 236 Å². The number of hydrogen-bond acceptors (Lipinski definition) is 8. The number of amides is 1. The van der Waals surface area contributed by atoms with E-state index in [-0.39, 0.29) is 34.3 Å². The van der Waals surface area contributed by atoms with Crippen LogP contribution < -0.4 is 28.6 Å². The Morgan fingerprint density at radius 3 is 2.15 bits per heavy atom. The van der Waals surface area contributed by atoms with Crippen molar-refractivity contribution in [3.63, 3.8) is 0 Å². The third-order valence-corrected chi connectivity index (χ3v) is 6.26. The largest absolute Gasteiger partial charge is 0.497 e. The SMILES string of the molecule is COc1ccc(CN(C(=O)C=CC(=O)O)c2c(OC)cc(Cl)cc2C(O)c2cccc(OC)c2OC)c(OC)c1. The Hall–Kier alpha value is -4.41. The predicted molar refractivity (Wildman–Crippen MR) is 149 cm³/mol. The number of carboxylic acids is 1. The summed E-state index contributed by atoms with van der Waals surface area (Å²) >= 11 is 6.42. The number of methoxy groups -OCH3 is 5. The highest BCUT2D eigenvalue weighted by Crippen LogP contribution is 2.45. The quantitative estimate of drug-likeness (QED) is 0.299. The molecule has 40 heavy (non-hydrogen) atoms. The smallest absolute Gasteiger partial charge is 0.328 e. The number of hydrogen-bond donors (Lipinski definition) is 2. The number of rotatable bonds is 12. The van der Waals surface area contributed by atoms with E-state index in [0.29, 0.717) is 28.4 Å². The van der Waals surface area contributed by atoms with Crippen molar-refractivity contribution in [2.24, 2.45) is 0 Å². The molecule has 2 N–H and O–H groups in total. The lowest BCUT2D eigenvalue weighted by Crippen LogP contribution is -2.31. The molecule has 0 spiro atoms. The fourth-order valence-corrected chi connectivity index (χ4v) is 4.41. The summed E-state index contributed by atoms with van der Waals surface area (Å²) in [5.74, 6) is -0.226. The minimum atomic E-state index is -1.37. The van der Waals surface area contributed by atoms with Crippen LogP contribution in [-0.2, 0) is 16.1 Å². The molecule has 3 aromatic carbocycles. The Bertz CT molecular complexity index is 1410. The van der Waals surface area contributed by atoms with Crippen LogP contribution in [0, 0.1) is 0 Å². The summed E-state index contributed by atoms with van der Waals surface area (Å²) in [7, 11) is 7.29. The van der Waals surface area contributed by atoms with Gasteiger partial charge in [-0.2, -0.15) is 0 Å². The molecule has 0 heterocycles. The van der Waals surface area contributed by atoms with Gasteiger partial charge in [-0.05, 0) is 24.3 Å². The van der Waals surface area contributed by atoms with Gasteiger partial charge in [0.25, 0.3) is 5.91 Å². The van der Waals surface area contributed by atoms with Crippen LogP contribution in [0.25, 0.3) is 0 Å². The van der Waals surface area contributed by atoms with E-state index in [4.69, 9.17) is 35.3 Å². The zero-order valence-electron chi connectivity index (χ0n) is 22.6. The second-order valence-corrected chi connectivity index (χ2v) is 8.74. The van der Waals surface area contributed by atoms with E-state index in [9.17, 15) is 19.8 Å². The highest BCUT2D eigenvalue weighted by atomic mass is 35.5. The third-order valence-electron chi connectivity index (χ3n) is 6.04. The van der Waals surface area contributed by atoms with Gasteiger partial charge >= 0.3 is 5.97 Å². The first-order chi connectivity index (χ1) is 19.2. The normalized spacial score (nSPS) is 11.6. The van der Waals surface area contributed by atoms with E-state index in [2.05, 4.69) is 0 Å². The molecule has 0 fully saturated rings. The maximum Gasteiger partial charge on any atom is 0.328 e. The summed E-state index contributed by atoms with van der Waals surface area (Å²) in [6.07, 6.45) is 0.267. The van der Waals surface area contributed by atoms with Crippen molar-refractivity contribution in [3.8, 4) is 28.7 Å². The first-order valence-corrected chi connectivity index (χ1v) is 12.3. The minimum absolute atomic E-state index is 0.0943. The molecule has 1 unspecified atom stereocenters. The molecule has 0 aliphatic heterocycles. The van der Waals surface area contributed by atoms with Crippen LogP contribution >= 0.6 is 11.6 Å². The molecule has 1 atom stereocenters. The van der Waals surface area contributed by atoms with E-state index < -0.39 is 18.0 Å². The molecule has 0 bridgehead atoms. The van der Waals surface area contributed by atoms with Gasteiger partial charge in [-0.15, -0.1) is 0 Å². The number of nitrogens with zero attached hydrogens (tertiary/aromatic N) is 1. The first-order valence-electron chi connectivity index (χ1n) is 11.9. The maximum absolute atomic E-state index is 13.6. The van der Waals surface area contributed by atoms with Gasteiger partial charge in [0.15, 0.2) is 11.5 Å². The first kappa shape index (κ1) is 30.1. The van der Waals surface area contributed by atoms with Gasteiger partial charge in [-0.3, -0.25) is 4.79 Å². The highest BCUT2D eigenvalue weighted by molar-refractivity contribution is 6.31. The summed E-state index contributed by atoms with van der Waals surface area (Å²) in [4.78, 5) is 26.1. The number of anilines is 1. The highest BCUT2D eigenvalue weighted by Gasteiger charge is 2.29. The maximum atomic E-state index is 13.6. The van der Waals surface area contributed by atoms with Gasteiger partial charge < -0.3 is 38.8 Å². The molecule has 0 radical (unpaired) electrons. The monoisotopic (exact) mass is 571 g/mol. The predicted octanol–water partition coefficient (Wildman–Crippen LogP) is 4.64. The molecular weight excluding hydrogens is 542 g/mol. The number of carboxylic acid groups (broad SMARTS) is 1. The van der Waals surface area contributed by atoms with Crippen LogP contribution in [-0.4, -0.2) is 57.6 Å². The number of para-hydroxylation sites is 1. The second-order valence-electron chi connectivity index (χ2n) is 8.30. The molecule has 0 aromatic heterocycles. The summed E-state index contributed by atoms with van der Waals surface area (Å²) in [5, 5.41) is 21.1. The fraction of sp³-hybridized carbons (Fsp3) is 0.241. The third kappa shape index (κ3) is 6.59. The van der Waals surface area contributed by atoms with Gasteiger partial charge in [-0.25, -0.2) is 4.79 Å². The lowest BCUT2D eigenvalue weighted by Gasteiger charge is -2.29. The van der Waals surface area contributed by atoms with Crippen LogP contribution in [0.4, 0.5) is 5.69 Å². The van der Waals surface area contributed by atoms with E-state index in [1.54, 1.807) is 36.4 Å². The fourth-order valence-electron chi connectivity index (χ4n) is 4.19. The molecule has 0 saturated carbocycles. The molecule has 3 rings (SSSR count). The van der Waals surface area contributed by atoms with Crippen molar-refractivity contribution in [1.29, 1.82) is 0 Å². The standard InChI is InChI=1S/C29H30ClNO9/c1-36-19-10-9-17(23(15-19)38-3)16-31(25(32)11-12-26(33)34)27-21(13-18(30)14-24(27)39-4)28(35)20-7-6-8-22(37-2)29(20)40-5/h6-15,28,35H,16H2,1-5H3,(H,33,34). The summed E-state index contributed by atoms with van der Waals surface area (Å²) < 4.78 is 27.3. The van der Waals surface area contributed by atoms with Crippen LogP contribution in [0.15, 0.2) is 60.7 Å². The molecule has 10 nitrogen and oxygen atoms in total. The van der Waals surface area contributed by atoms with Gasteiger partial charge in [0.05, 0.1) is 47.8 Å². The Morgan fingerprint density at radius 1 is 0.850 bits per heavy atom. The van der Waals surface area contributed by atoms with Crippen molar-refractivity contribution in [1.82, 2.24) is 0 Å². The van der Waals surface area contributed by atoms with E-state index in [1.165, 1.54) is 52.6 Å². The van der Waals surface area contributed by atoms with Gasteiger partial charge in [0.1, 0.15) is 23.4 Å². The number of aliphatic hydroxyl groups is 1. The lowest BCUT2D eigenvalue weighted by atomic mass is 9.97. The van der Waals surface area contributed by atoms with Crippen LogP contribution in [0.3, 0.4) is 0 Å². The van der Waals surface area contributed by atoms with Gasteiger partial charge in [0, 0.05) is 46.0 Å². The summed E-state index contributed by atoms with van der Waals surface area (Å²) in [6.45, 7) is -0.0943. The van der Waals surface area contributed by atoms with Gasteiger partial charge in [0.2, 0.25) is 0 Å². The minimum Gasteiger partial charge on any atom is -0.497 e. The van der Waals surface area contributed by atoms with E-state index in [1.807, 2.05) is 0 Å². The topological polar surface area (TPSA) is 124 Å². The number of aliphatic hydroxyl groups excluding tert-OH is 1. The average molecular weight is 572 g/mol. The summed E-state index contributed by atoms with van der Waals surface area (Å²) in [5.41, 5.74) is 1.25. The Balaban J connectivity index is 2.29. The molecule has 0 aliphatic rings. The number of halogens is 1. The zero-order chi connectivity index (χ0) is 29.4. The van der Waals surface area contributed by atoms with Crippen molar-refractivity contribution in [3.05, 3.63) is 82.4 Å². The number of ether oxygens (including phenoxy) is 5. The average Bonchev–Trinajstić information content (AvgIpc) is 2.97. The van der Waals surface area contributed by atoms with Gasteiger partial charge in [-0.1, -0.05) is 23.7 Å².